The highest BCUT2D eigenvalue weighted by atomic mass is 35.5. The number of carbonyl (C=O) groups excluding carboxylic acids is 2. The Bertz CT molecular complexity index is 1010. The summed E-state index contributed by atoms with van der Waals surface area (Å²) in [5.41, 5.74) is 4.94. The maximum absolute atomic E-state index is 13.0. The molecule has 2 aromatic rings. The molecule has 162 valence electrons. The number of methoxy groups -OCH3 is 2. The molecule has 9 heteroatoms. The molecule has 2 atom stereocenters. The van der Waals surface area contributed by atoms with Crippen LogP contribution in [0.25, 0.3) is 0 Å². The number of hydrogen-bond donors (Lipinski definition) is 2. The van der Waals surface area contributed by atoms with E-state index < -0.39 is 0 Å². The average Bonchev–Trinajstić information content (AvgIpc) is 3.21. The lowest BCUT2D eigenvalue weighted by molar-refractivity contribution is -0.137. The van der Waals surface area contributed by atoms with Gasteiger partial charge < -0.3 is 24.7 Å². The minimum atomic E-state index is -0.375. The summed E-state index contributed by atoms with van der Waals surface area (Å²) in [5.74, 6) is 0.860. The van der Waals surface area contributed by atoms with Crippen LogP contribution < -0.4 is 20.2 Å². The molecule has 0 bridgehead atoms. The van der Waals surface area contributed by atoms with E-state index in [1.54, 1.807) is 42.7 Å². The first-order chi connectivity index (χ1) is 15.0. The van der Waals surface area contributed by atoms with Gasteiger partial charge in [0.2, 0.25) is 5.91 Å². The van der Waals surface area contributed by atoms with E-state index in [2.05, 4.69) is 10.7 Å². The third-order valence-corrected chi connectivity index (χ3v) is 5.64. The van der Waals surface area contributed by atoms with Crippen LogP contribution in [-0.4, -0.2) is 48.5 Å². The fourth-order valence-electron chi connectivity index (χ4n) is 3.72. The summed E-state index contributed by atoms with van der Waals surface area (Å²) in [6, 6.07) is 12.4. The van der Waals surface area contributed by atoms with Crippen LogP contribution in [-0.2, 0) is 9.59 Å². The summed E-state index contributed by atoms with van der Waals surface area (Å²) in [4.78, 5) is 26.9. The van der Waals surface area contributed by atoms with Gasteiger partial charge in [0.05, 0.1) is 25.3 Å². The second-order valence-corrected chi connectivity index (χ2v) is 7.68. The molecule has 0 radical (unpaired) electrons. The number of fused-ring (bicyclic) bond motifs is 1. The Labute approximate surface area is 185 Å². The number of anilines is 1. The zero-order chi connectivity index (χ0) is 22.0. The highest BCUT2D eigenvalue weighted by Crippen LogP contribution is 2.32. The van der Waals surface area contributed by atoms with E-state index in [9.17, 15) is 9.59 Å². The quantitative estimate of drug-likeness (QED) is 0.715. The van der Waals surface area contributed by atoms with Crippen molar-refractivity contribution in [2.24, 2.45) is 0 Å². The molecule has 1 fully saturated rings. The summed E-state index contributed by atoms with van der Waals surface area (Å²) in [7, 11) is 3.15. The Kier molecular flexibility index (Phi) is 6.01. The van der Waals surface area contributed by atoms with Crippen molar-refractivity contribution in [3.05, 3.63) is 65.5 Å². The van der Waals surface area contributed by atoms with Crippen LogP contribution in [0.1, 0.15) is 18.0 Å². The number of nitrogens with one attached hydrogen (secondary N) is 2. The molecule has 0 saturated carbocycles. The van der Waals surface area contributed by atoms with Crippen molar-refractivity contribution in [1.29, 1.82) is 0 Å². The highest BCUT2D eigenvalue weighted by molar-refractivity contribution is 6.32. The first kappa shape index (κ1) is 21.0. The maximum atomic E-state index is 13.0. The Morgan fingerprint density at radius 1 is 1.16 bits per heavy atom. The lowest BCUT2D eigenvalue weighted by Gasteiger charge is -2.31. The number of benzene rings is 2. The monoisotopic (exact) mass is 442 g/mol. The molecule has 0 aromatic heterocycles. The van der Waals surface area contributed by atoms with E-state index in [1.807, 2.05) is 24.3 Å². The average molecular weight is 443 g/mol. The molecule has 1 saturated heterocycles. The molecule has 31 heavy (non-hydrogen) atoms. The fraction of sp³-hybridized carbons (Fsp3) is 0.273. The molecule has 2 N–H and O–H groups in total. The molecular formula is C22H23ClN4O4. The first-order valence-electron chi connectivity index (χ1n) is 9.79. The molecule has 4 rings (SSSR count). The number of ether oxygens (including phenoxy) is 2. The van der Waals surface area contributed by atoms with E-state index in [4.69, 9.17) is 21.1 Å². The highest BCUT2D eigenvalue weighted by Gasteiger charge is 2.40. The van der Waals surface area contributed by atoms with Gasteiger partial charge in [-0.2, -0.15) is 0 Å². The van der Waals surface area contributed by atoms with Crippen LogP contribution in [0.2, 0.25) is 5.02 Å². The van der Waals surface area contributed by atoms with Crippen molar-refractivity contribution in [3.63, 3.8) is 0 Å². The number of halogens is 1. The van der Waals surface area contributed by atoms with Crippen LogP contribution >= 0.6 is 11.6 Å². The van der Waals surface area contributed by atoms with Gasteiger partial charge in [0.25, 0.3) is 5.91 Å². The lowest BCUT2D eigenvalue weighted by atomic mass is 10.0. The summed E-state index contributed by atoms with van der Waals surface area (Å²) in [5, 5.41) is 4.95. The zero-order valence-electron chi connectivity index (χ0n) is 17.2. The molecule has 2 amide bonds. The van der Waals surface area contributed by atoms with Crippen LogP contribution in [0.15, 0.2) is 54.9 Å². The first-order valence-corrected chi connectivity index (χ1v) is 10.2. The molecule has 2 aliphatic rings. The molecule has 2 aromatic carbocycles. The van der Waals surface area contributed by atoms with E-state index in [-0.39, 0.29) is 30.4 Å². The van der Waals surface area contributed by atoms with Gasteiger partial charge in [0, 0.05) is 18.1 Å². The van der Waals surface area contributed by atoms with Gasteiger partial charge in [-0.05, 0) is 42.3 Å². The Hall–Kier alpha value is -3.23. The largest absolute Gasteiger partial charge is 0.497 e. The van der Waals surface area contributed by atoms with Crippen LogP contribution in [0.3, 0.4) is 0 Å². The predicted octanol–water partition coefficient (Wildman–Crippen LogP) is 2.93. The summed E-state index contributed by atoms with van der Waals surface area (Å²) >= 11 is 6.10. The molecule has 0 aliphatic carbocycles. The number of carbonyl (C=O) groups is 2. The molecule has 8 nitrogen and oxygen atoms in total. The van der Waals surface area contributed by atoms with Crippen molar-refractivity contribution in [2.45, 2.75) is 18.5 Å². The number of amides is 2. The normalized spacial score (nSPS) is 19.9. The Morgan fingerprint density at radius 2 is 1.94 bits per heavy atom. The van der Waals surface area contributed by atoms with Gasteiger partial charge in [0.1, 0.15) is 24.1 Å². The predicted molar refractivity (Wildman–Crippen MR) is 117 cm³/mol. The topological polar surface area (TPSA) is 83.1 Å². The van der Waals surface area contributed by atoms with Gasteiger partial charge >= 0.3 is 0 Å². The van der Waals surface area contributed by atoms with E-state index in [1.165, 1.54) is 12.0 Å². The van der Waals surface area contributed by atoms with Gasteiger partial charge in [-0.15, -0.1) is 0 Å². The number of hydrazine groups is 1. The molecule has 2 unspecified atom stereocenters. The van der Waals surface area contributed by atoms with E-state index in [0.717, 1.165) is 11.3 Å². The minimum absolute atomic E-state index is 0.000256. The Balaban J connectivity index is 1.37. The SMILES string of the molecule is COc1ccc(C2CC3C(=O)N(CC(=O)Nc4ccc(OC)c(Cl)c4)C=CN3N2)cc1. The van der Waals surface area contributed by atoms with Crippen LogP contribution in [0.5, 0.6) is 11.5 Å². The molecular weight excluding hydrogens is 420 g/mol. The number of rotatable bonds is 6. The van der Waals surface area contributed by atoms with Gasteiger partial charge in [-0.1, -0.05) is 23.7 Å². The van der Waals surface area contributed by atoms with Gasteiger partial charge in [-0.25, -0.2) is 5.43 Å². The number of nitrogens with zero attached hydrogens (tertiary/aromatic N) is 2. The van der Waals surface area contributed by atoms with E-state index in [0.29, 0.717) is 22.9 Å². The third kappa shape index (κ3) is 4.45. The second-order valence-electron chi connectivity index (χ2n) is 7.28. The van der Waals surface area contributed by atoms with Gasteiger partial charge in [0.15, 0.2) is 0 Å². The molecule has 0 spiro atoms. The smallest absolute Gasteiger partial charge is 0.251 e. The van der Waals surface area contributed by atoms with Crippen molar-refractivity contribution in [2.75, 3.05) is 26.1 Å². The van der Waals surface area contributed by atoms with Gasteiger partial charge in [-0.3, -0.25) is 9.59 Å². The maximum Gasteiger partial charge on any atom is 0.251 e. The van der Waals surface area contributed by atoms with Crippen molar-refractivity contribution in [1.82, 2.24) is 15.3 Å². The van der Waals surface area contributed by atoms with Crippen LogP contribution in [0, 0.1) is 0 Å². The van der Waals surface area contributed by atoms with Crippen LogP contribution in [0.4, 0.5) is 5.69 Å². The van der Waals surface area contributed by atoms with Crippen molar-refractivity contribution in [3.8, 4) is 11.5 Å². The Morgan fingerprint density at radius 3 is 2.61 bits per heavy atom. The summed E-state index contributed by atoms with van der Waals surface area (Å²) in [6.07, 6.45) is 4.00. The summed E-state index contributed by atoms with van der Waals surface area (Å²) in [6.45, 7) is -0.0868. The standard InChI is InChI=1S/C22H23ClN4O4/c1-30-16-6-3-14(4-7-16)18-12-19-22(29)26(9-10-27(19)25-18)13-21(28)24-15-5-8-20(31-2)17(23)11-15/h3-11,18-19,25H,12-13H2,1-2H3,(H,24,28). The van der Waals surface area contributed by atoms with Crippen molar-refractivity contribution < 1.29 is 19.1 Å². The molecule has 2 aliphatic heterocycles. The fourth-order valence-corrected chi connectivity index (χ4v) is 3.98. The van der Waals surface area contributed by atoms with E-state index >= 15 is 0 Å². The summed E-state index contributed by atoms with van der Waals surface area (Å²) < 4.78 is 10.3. The lowest BCUT2D eigenvalue weighted by Crippen LogP contribution is -2.49. The zero-order valence-corrected chi connectivity index (χ0v) is 17.9. The molecule has 2 heterocycles. The van der Waals surface area contributed by atoms with Crippen molar-refractivity contribution >= 4 is 29.1 Å². The minimum Gasteiger partial charge on any atom is -0.497 e. The third-order valence-electron chi connectivity index (χ3n) is 5.34. The number of hydrogen-bond acceptors (Lipinski definition) is 6. The second kappa shape index (κ2) is 8.87.